The molecule has 1 aromatic rings. The molecule has 2 heteroatoms. The highest BCUT2D eigenvalue weighted by atomic mass is 15.1. The predicted octanol–water partition coefficient (Wildman–Crippen LogP) is 2.04. The summed E-state index contributed by atoms with van der Waals surface area (Å²) < 4.78 is 0. The van der Waals surface area contributed by atoms with Crippen LogP contribution in [0.25, 0.3) is 0 Å². The molecule has 2 nitrogen and oxygen atoms in total. The van der Waals surface area contributed by atoms with Crippen molar-refractivity contribution < 1.29 is 0 Å². The molecule has 1 aliphatic rings. The average Bonchev–Trinajstić information content (AvgIpc) is 2.59. The van der Waals surface area contributed by atoms with Gasteiger partial charge in [0, 0.05) is 19.6 Å². The number of rotatable bonds is 3. The lowest BCUT2D eigenvalue weighted by Gasteiger charge is -2.19. The molecular formula is C14H22N2. The molecule has 1 aliphatic heterocycles. The molecule has 0 bridgehead atoms. The van der Waals surface area contributed by atoms with Crippen LogP contribution in [0.15, 0.2) is 24.3 Å². The monoisotopic (exact) mass is 218 g/mol. The van der Waals surface area contributed by atoms with Gasteiger partial charge in [-0.3, -0.25) is 4.90 Å². The second-order valence-electron chi connectivity index (χ2n) is 4.55. The first kappa shape index (κ1) is 11.6. The number of hydrogen-bond acceptors (Lipinski definition) is 2. The summed E-state index contributed by atoms with van der Waals surface area (Å²) in [6.07, 6.45) is 2.40. The van der Waals surface area contributed by atoms with Crippen LogP contribution in [0.5, 0.6) is 0 Å². The summed E-state index contributed by atoms with van der Waals surface area (Å²) in [5.74, 6) is 0. The van der Waals surface area contributed by atoms with E-state index in [0.717, 1.165) is 19.5 Å². The van der Waals surface area contributed by atoms with Crippen LogP contribution in [-0.4, -0.2) is 31.1 Å². The molecule has 88 valence electrons. The highest BCUT2D eigenvalue weighted by Crippen LogP contribution is 2.09. The summed E-state index contributed by atoms with van der Waals surface area (Å²) in [7, 11) is 0. The van der Waals surface area contributed by atoms with Crippen molar-refractivity contribution in [3.8, 4) is 0 Å². The molecule has 0 radical (unpaired) electrons. The van der Waals surface area contributed by atoms with Crippen LogP contribution >= 0.6 is 0 Å². The Morgan fingerprint density at radius 1 is 1.06 bits per heavy atom. The Morgan fingerprint density at radius 2 is 1.81 bits per heavy atom. The highest BCUT2D eigenvalue weighted by molar-refractivity contribution is 5.22. The highest BCUT2D eigenvalue weighted by Gasteiger charge is 2.08. The second kappa shape index (κ2) is 6.02. The SMILES string of the molecule is CCc1ccc(CN2CCCNCC2)cc1. The molecule has 0 atom stereocenters. The maximum Gasteiger partial charge on any atom is 0.0234 e. The lowest BCUT2D eigenvalue weighted by atomic mass is 10.1. The molecule has 1 heterocycles. The molecule has 1 N–H and O–H groups in total. The molecule has 0 aromatic heterocycles. The van der Waals surface area contributed by atoms with Crippen molar-refractivity contribution >= 4 is 0 Å². The van der Waals surface area contributed by atoms with Gasteiger partial charge in [0.15, 0.2) is 0 Å². The van der Waals surface area contributed by atoms with E-state index in [2.05, 4.69) is 41.4 Å². The third kappa shape index (κ3) is 3.32. The summed E-state index contributed by atoms with van der Waals surface area (Å²) in [5.41, 5.74) is 2.88. The molecule has 0 unspecified atom stereocenters. The standard InChI is InChI=1S/C14H22N2/c1-2-13-4-6-14(7-5-13)12-16-10-3-8-15-9-11-16/h4-7,15H,2-3,8-12H2,1H3. The predicted molar refractivity (Wildman–Crippen MR) is 68.6 cm³/mol. The van der Waals surface area contributed by atoms with E-state index in [1.807, 2.05) is 0 Å². The van der Waals surface area contributed by atoms with Crippen molar-refractivity contribution in [2.24, 2.45) is 0 Å². The van der Waals surface area contributed by atoms with Crippen molar-refractivity contribution in [3.05, 3.63) is 35.4 Å². The number of nitrogens with one attached hydrogen (secondary N) is 1. The Labute approximate surface area is 98.7 Å². The van der Waals surface area contributed by atoms with Crippen LogP contribution in [0.3, 0.4) is 0 Å². The molecule has 16 heavy (non-hydrogen) atoms. The summed E-state index contributed by atoms with van der Waals surface area (Å²) in [4.78, 5) is 2.54. The first-order chi connectivity index (χ1) is 7.88. The van der Waals surface area contributed by atoms with Crippen LogP contribution in [0.1, 0.15) is 24.5 Å². The van der Waals surface area contributed by atoms with Crippen LogP contribution in [0, 0.1) is 0 Å². The Kier molecular flexibility index (Phi) is 4.37. The summed E-state index contributed by atoms with van der Waals surface area (Å²) in [5, 5.41) is 3.44. The zero-order valence-corrected chi connectivity index (χ0v) is 10.2. The molecule has 1 saturated heterocycles. The van der Waals surface area contributed by atoms with Crippen molar-refractivity contribution in [1.29, 1.82) is 0 Å². The number of hydrogen-bond donors (Lipinski definition) is 1. The van der Waals surface area contributed by atoms with Gasteiger partial charge in [0.05, 0.1) is 0 Å². The van der Waals surface area contributed by atoms with E-state index in [0.29, 0.717) is 0 Å². The topological polar surface area (TPSA) is 15.3 Å². The van der Waals surface area contributed by atoms with E-state index in [-0.39, 0.29) is 0 Å². The lowest BCUT2D eigenvalue weighted by Crippen LogP contribution is -2.27. The van der Waals surface area contributed by atoms with E-state index in [9.17, 15) is 0 Å². The quantitative estimate of drug-likeness (QED) is 0.835. The maximum absolute atomic E-state index is 3.44. The van der Waals surface area contributed by atoms with Gasteiger partial charge in [-0.1, -0.05) is 31.2 Å². The van der Waals surface area contributed by atoms with E-state index in [4.69, 9.17) is 0 Å². The molecule has 2 rings (SSSR count). The van der Waals surface area contributed by atoms with Gasteiger partial charge in [-0.25, -0.2) is 0 Å². The molecule has 0 aliphatic carbocycles. The first-order valence-electron chi connectivity index (χ1n) is 6.39. The van der Waals surface area contributed by atoms with E-state index >= 15 is 0 Å². The fourth-order valence-electron chi connectivity index (χ4n) is 2.20. The van der Waals surface area contributed by atoms with Gasteiger partial charge >= 0.3 is 0 Å². The third-order valence-electron chi connectivity index (χ3n) is 3.27. The summed E-state index contributed by atoms with van der Waals surface area (Å²) in [6.45, 7) is 8.01. The molecule has 0 spiro atoms. The van der Waals surface area contributed by atoms with Crippen molar-refractivity contribution in [3.63, 3.8) is 0 Å². The van der Waals surface area contributed by atoms with Crippen molar-refractivity contribution in [2.45, 2.75) is 26.3 Å². The fourth-order valence-corrected chi connectivity index (χ4v) is 2.20. The smallest absolute Gasteiger partial charge is 0.0234 e. The first-order valence-corrected chi connectivity index (χ1v) is 6.39. The Balaban J connectivity index is 1.91. The minimum atomic E-state index is 1.10. The van der Waals surface area contributed by atoms with Crippen molar-refractivity contribution in [1.82, 2.24) is 10.2 Å². The summed E-state index contributed by atoms with van der Waals surface area (Å²) in [6, 6.07) is 9.06. The normalized spacial score (nSPS) is 18.3. The van der Waals surface area contributed by atoms with Gasteiger partial charge in [0.25, 0.3) is 0 Å². The number of aryl methyl sites for hydroxylation is 1. The van der Waals surface area contributed by atoms with E-state index in [1.165, 1.54) is 37.2 Å². The van der Waals surface area contributed by atoms with Crippen LogP contribution < -0.4 is 5.32 Å². The lowest BCUT2D eigenvalue weighted by molar-refractivity contribution is 0.284. The largest absolute Gasteiger partial charge is 0.315 e. The van der Waals surface area contributed by atoms with E-state index in [1.54, 1.807) is 0 Å². The maximum atomic E-state index is 3.44. The third-order valence-corrected chi connectivity index (χ3v) is 3.27. The van der Waals surface area contributed by atoms with Crippen LogP contribution in [0.4, 0.5) is 0 Å². The zero-order valence-electron chi connectivity index (χ0n) is 10.2. The van der Waals surface area contributed by atoms with E-state index < -0.39 is 0 Å². The summed E-state index contributed by atoms with van der Waals surface area (Å²) >= 11 is 0. The van der Waals surface area contributed by atoms with Crippen molar-refractivity contribution in [2.75, 3.05) is 26.2 Å². The second-order valence-corrected chi connectivity index (χ2v) is 4.55. The van der Waals surface area contributed by atoms with Crippen LogP contribution in [0.2, 0.25) is 0 Å². The molecule has 0 saturated carbocycles. The average molecular weight is 218 g/mol. The number of nitrogens with zero attached hydrogens (tertiary/aromatic N) is 1. The molecular weight excluding hydrogens is 196 g/mol. The fraction of sp³-hybridized carbons (Fsp3) is 0.571. The van der Waals surface area contributed by atoms with Gasteiger partial charge < -0.3 is 5.32 Å². The minimum absolute atomic E-state index is 1.10. The Morgan fingerprint density at radius 3 is 2.56 bits per heavy atom. The van der Waals surface area contributed by atoms with Crippen LogP contribution in [-0.2, 0) is 13.0 Å². The minimum Gasteiger partial charge on any atom is -0.315 e. The zero-order chi connectivity index (χ0) is 11.2. The Bertz CT molecular complexity index is 297. The molecule has 1 fully saturated rings. The van der Waals surface area contributed by atoms with Gasteiger partial charge in [0.1, 0.15) is 0 Å². The van der Waals surface area contributed by atoms with Gasteiger partial charge in [0.2, 0.25) is 0 Å². The molecule has 0 amide bonds. The van der Waals surface area contributed by atoms with Gasteiger partial charge in [-0.2, -0.15) is 0 Å². The van der Waals surface area contributed by atoms with Gasteiger partial charge in [-0.05, 0) is 37.1 Å². The number of benzene rings is 1. The molecule has 1 aromatic carbocycles. The Hall–Kier alpha value is -0.860. The van der Waals surface area contributed by atoms with Gasteiger partial charge in [-0.15, -0.1) is 0 Å².